The van der Waals surface area contributed by atoms with E-state index in [0.29, 0.717) is 19.6 Å². The van der Waals surface area contributed by atoms with Gasteiger partial charge < -0.3 is 15.0 Å². The van der Waals surface area contributed by atoms with Crippen LogP contribution < -0.4 is 10.1 Å². The van der Waals surface area contributed by atoms with Gasteiger partial charge in [0.25, 0.3) is 0 Å². The monoisotopic (exact) mass is 331 g/mol. The van der Waals surface area contributed by atoms with Crippen LogP contribution in [0.25, 0.3) is 0 Å². The number of amides is 2. The number of alkyl halides is 2. The van der Waals surface area contributed by atoms with Crippen LogP contribution in [0.15, 0.2) is 18.2 Å². The molecule has 8 heteroatoms. The van der Waals surface area contributed by atoms with Crippen molar-refractivity contribution in [1.29, 1.82) is 0 Å². The summed E-state index contributed by atoms with van der Waals surface area (Å²) < 4.78 is 28.7. The molecular formula is C14H16ClF2N3O2. The molecule has 22 heavy (non-hydrogen) atoms. The van der Waals surface area contributed by atoms with Crippen molar-refractivity contribution in [2.75, 3.05) is 26.2 Å². The van der Waals surface area contributed by atoms with Gasteiger partial charge in [0.2, 0.25) is 0 Å². The van der Waals surface area contributed by atoms with Crippen molar-refractivity contribution in [3.05, 3.63) is 28.8 Å². The third-order valence-electron chi connectivity index (χ3n) is 3.94. The summed E-state index contributed by atoms with van der Waals surface area (Å²) >= 11 is 5.96. The van der Waals surface area contributed by atoms with Crippen LogP contribution in [0.2, 0.25) is 5.02 Å². The number of urea groups is 1. The molecule has 1 unspecified atom stereocenters. The van der Waals surface area contributed by atoms with Gasteiger partial charge in [-0.05, 0) is 17.7 Å². The fourth-order valence-corrected chi connectivity index (χ4v) is 3.15. The zero-order valence-electron chi connectivity index (χ0n) is 11.8. The molecule has 2 aliphatic heterocycles. The molecule has 0 aromatic heterocycles. The fraction of sp³-hybridized carbons (Fsp3) is 0.500. The molecule has 1 aromatic carbocycles. The molecule has 0 spiro atoms. The second kappa shape index (κ2) is 6.26. The molecule has 2 aliphatic rings. The van der Waals surface area contributed by atoms with Crippen LogP contribution in [0.3, 0.4) is 0 Å². The predicted molar refractivity (Wildman–Crippen MR) is 77.3 cm³/mol. The number of carbonyl (C=O) groups is 1. The molecular weight excluding hydrogens is 316 g/mol. The Hall–Kier alpha value is -1.60. The van der Waals surface area contributed by atoms with E-state index in [0.717, 1.165) is 18.7 Å². The summed E-state index contributed by atoms with van der Waals surface area (Å²) in [5, 5.41) is 3.01. The van der Waals surface area contributed by atoms with E-state index in [1.807, 2.05) is 4.90 Å². The van der Waals surface area contributed by atoms with Crippen molar-refractivity contribution >= 4 is 17.6 Å². The smallest absolute Gasteiger partial charge is 0.387 e. The van der Waals surface area contributed by atoms with Gasteiger partial charge in [0.15, 0.2) is 0 Å². The molecule has 2 saturated heterocycles. The Labute approximate surface area is 131 Å². The number of hydrogen-bond donors (Lipinski definition) is 1. The lowest BCUT2D eigenvalue weighted by molar-refractivity contribution is -0.0498. The van der Waals surface area contributed by atoms with E-state index in [2.05, 4.69) is 15.0 Å². The van der Waals surface area contributed by atoms with Crippen molar-refractivity contribution in [3.8, 4) is 5.75 Å². The van der Waals surface area contributed by atoms with Crippen molar-refractivity contribution in [2.24, 2.45) is 0 Å². The second-order valence-corrected chi connectivity index (χ2v) is 5.82. The third-order valence-corrected chi connectivity index (χ3v) is 4.23. The highest BCUT2D eigenvalue weighted by atomic mass is 35.5. The van der Waals surface area contributed by atoms with Crippen molar-refractivity contribution in [3.63, 3.8) is 0 Å². The molecule has 0 bridgehead atoms. The zero-order valence-corrected chi connectivity index (χ0v) is 12.5. The first-order valence-electron chi connectivity index (χ1n) is 7.03. The first-order valence-corrected chi connectivity index (χ1v) is 7.41. The zero-order chi connectivity index (χ0) is 15.7. The Morgan fingerprint density at radius 2 is 2.23 bits per heavy atom. The summed E-state index contributed by atoms with van der Waals surface area (Å²) in [6.07, 6.45) is 0. The minimum Gasteiger partial charge on any atom is -0.433 e. The van der Waals surface area contributed by atoms with Gasteiger partial charge in [0.05, 0.1) is 11.1 Å². The summed E-state index contributed by atoms with van der Waals surface area (Å²) in [5.74, 6) is -0.0178. The van der Waals surface area contributed by atoms with E-state index in [9.17, 15) is 13.6 Å². The van der Waals surface area contributed by atoms with Crippen LogP contribution in [-0.4, -0.2) is 54.7 Å². The van der Waals surface area contributed by atoms with E-state index in [1.165, 1.54) is 6.07 Å². The SMILES string of the molecule is O=C1NCC2CN(Cc3ccc(OC(F)F)c(Cl)c3)CCN12. The molecule has 1 N–H and O–H groups in total. The van der Waals surface area contributed by atoms with Crippen LogP contribution in [0.1, 0.15) is 5.56 Å². The molecule has 2 heterocycles. The number of nitrogens with one attached hydrogen (secondary N) is 1. The lowest BCUT2D eigenvalue weighted by Gasteiger charge is -2.36. The van der Waals surface area contributed by atoms with Gasteiger partial charge >= 0.3 is 12.6 Å². The average Bonchev–Trinajstić information content (AvgIpc) is 2.83. The third kappa shape index (κ3) is 3.25. The molecule has 0 radical (unpaired) electrons. The summed E-state index contributed by atoms with van der Waals surface area (Å²) in [7, 11) is 0. The van der Waals surface area contributed by atoms with Gasteiger partial charge in [-0.2, -0.15) is 8.78 Å². The summed E-state index contributed by atoms with van der Waals surface area (Å²) in [4.78, 5) is 15.6. The maximum Gasteiger partial charge on any atom is 0.387 e. The topological polar surface area (TPSA) is 44.8 Å². The van der Waals surface area contributed by atoms with Gasteiger partial charge in [0.1, 0.15) is 5.75 Å². The van der Waals surface area contributed by atoms with Gasteiger partial charge in [-0.1, -0.05) is 17.7 Å². The van der Waals surface area contributed by atoms with E-state index < -0.39 is 6.61 Å². The van der Waals surface area contributed by atoms with Gasteiger partial charge in [-0.25, -0.2) is 4.79 Å². The highest BCUT2D eigenvalue weighted by Gasteiger charge is 2.35. The minimum absolute atomic E-state index is 0.00111. The summed E-state index contributed by atoms with van der Waals surface area (Å²) in [6, 6.07) is 5.03. The number of ether oxygens (including phenoxy) is 1. The number of carbonyl (C=O) groups excluding carboxylic acids is 1. The Morgan fingerprint density at radius 3 is 2.95 bits per heavy atom. The standard InChI is InChI=1S/C14H16ClF2N3O2/c15-11-5-9(1-2-12(11)22-13(16)17)7-19-3-4-20-10(8-19)6-18-14(20)21/h1-2,5,10,13H,3-4,6-8H2,(H,18,21). The average molecular weight is 332 g/mol. The molecule has 2 fully saturated rings. The van der Waals surface area contributed by atoms with Crippen LogP contribution >= 0.6 is 11.6 Å². The van der Waals surface area contributed by atoms with Gasteiger partial charge in [-0.15, -0.1) is 0 Å². The summed E-state index contributed by atoms with van der Waals surface area (Å²) in [6.45, 7) is 0.688. The maximum absolute atomic E-state index is 12.2. The first-order chi connectivity index (χ1) is 10.5. The highest BCUT2D eigenvalue weighted by molar-refractivity contribution is 6.32. The molecule has 0 aliphatic carbocycles. The molecule has 0 saturated carbocycles. The van der Waals surface area contributed by atoms with Gasteiger partial charge in [-0.3, -0.25) is 4.90 Å². The quantitative estimate of drug-likeness (QED) is 0.919. The maximum atomic E-state index is 12.2. The van der Waals surface area contributed by atoms with Crippen LogP contribution in [0.4, 0.5) is 13.6 Å². The van der Waals surface area contributed by atoms with Crippen LogP contribution in [0.5, 0.6) is 5.75 Å². The highest BCUT2D eigenvalue weighted by Crippen LogP contribution is 2.28. The van der Waals surface area contributed by atoms with E-state index in [1.54, 1.807) is 12.1 Å². The lowest BCUT2D eigenvalue weighted by atomic mass is 10.1. The minimum atomic E-state index is -2.89. The van der Waals surface area contributed by atoms with Gasteiger partial charge in [0, 0.05) is 32.7 Å². The molecule has 5 nitrogen and oxygen atoms in total. The Bertz CT molecular complexity index is 573. The number of fused-ring (bicyclic) bond motifs is 1. The molecule has 120 valence electrons. The lowest BCUT2D eigenvalue weighted by Crippen LogP contribution is -2.51. The Morgan fingerprint density at radius 1 is 1.41 bits per heavy atom. The van der Waals surface area contributed by atoms with Crippen LogP contribution in [0, 0.1) is 0 Å². The number of rotatable bonds is 4. The van der Waals surface area contributed by atoms with E-state index >= 15 is 0 Å². The van der Waals surface area contributed by atoms with Crippen LogP contribution in [-0.2, 0) is 6.54 Å². The second-order valence-electron chi connectivity index (χ2n) is 5.41. The number of hydrogen-bond acceptors (Lipinski definition) is 3. The predicted octanol–water partition coefficient (Wildman–Crippen LogP) is 2.15. The molecule has 3 rings (SSSR count). The van der Waals surface area contributed by atoms with Crippen molar-refractivity contribution in [1.82, 2.24) is 15.1 Å². The molecule has 1 atom stereocenters. The number of benzene rings is 1. The molecule has 2 amide bonds. The molecule has 1 aromatic rings. The Kier molecular flexibility index (Phi) is 4.35. The largest absolute Gasteiger partial charge is 0.433 e. The van der Waals surface area contributed by atoms with E-state index in [4.69, 9.17) is 11.6 Å². The number of halogens is 3. The normalized spacial score (nSPS) is 21.9. The van der Waals surface area contributed by atoms with Crippen molar-refractivity contribution < 1.29 is 18.3 Å². The number of piperazine rings is 1. The Balaban J connectivity index is 1.62. The summed E-state index contributed by atoms with van der Waals surface area (Å²) in [5.41, 5.74) is 0.928. The first kappa shape index (κ1) is 15.3. The number of nitrogens with zero attached hydrogens (tertiary/aromatic N) is 2. The van der Waals surface area contributed by atoms with Crippen molar-refractivity contribution in [2.45, 2.75) is 19.2 Å². The van der Waals surface area contributed by atoms with E-state index in [-0.39, 0.29) is 22.8 Å². The fourth-order valence-electron chi connectivity index (χ4n) is 2.90.